The first kappa shape index (κ1) is 14.5. The summed E-state index contributed by atoms with van der Waals surface area (Å²) in [4.78, 5) is 4.88. The molecule has 1 aromatic heterocycles. The number of ether oxygens (including phenoxy) is 1. The average molecular weight is 314 g/mol. The molecule has 118 valence electrons. The maximum atomic E-state index is 5.42. The molecule has 3 nitrogen and oxygen atoms in total. The molecule has 3 aromatic carbocycles. The Kier molecular flexibility index (Phi) is 3.54. The Bertz CT molecular complexity index is 1000. The molecule has 0 saturated heterocycles. The van der Waals surface area contributed by atoms with E-state index in [1.807, 2.05) is 36.4 Å². The highest BCUT2D eigenvalue weighted by Gasteiger charge is 2.15. The quantitative estimate of drug-likeness (QED) is 0.531. The number of nitrogens with zero attached hydrogens (tertiary/aromatic N) is 2. The minimum Gasteiger partial charge on any atom is -0.497 e. The molecule has 0 spiro atoms. The van der Waals surface area contributed by atoms with Gasteiger partial charge in [0.2, 0.25) is 0 Å². The topological polar surface area (TPSA) is 27.1 Å². The second-order valence-corrected chi connectivity index (χ2v) is 5.78. The summed E-state index contributed by atoms with van der Waals surface area (Å²) in [6, 6.07) is 24.6. The third kappa shape index (κ3) is 2.35. The molecule has 4 aromatic rings. The van der Waals surface area contributed by atoms with Gasteiger partial charge >= 0.3 is 0 Å². The minimum absolute atomic E-state index is 0.830. The number of imidazole rings is 1. The van der Waals surface area contributed by atoms with Crippen molar-refractivity contribution >= 4 is 11.0 Å². The van der Waals surface area contributed by atoms with Crippen molar-refractivity contribution in [3.05, 3.63) is 78.4 Å². The number of aryl methyl sites for hydroxylation is 1. The molecule has 0 aliphatic rings. The van der Waals surface area contributed by atoms with Crippen LogP contribution in [0.4, 0.5) is 0 Å². The average Bonchev–Trinajstić information content (AvgIpc) is 3.01. The molecule has 0 fully saturated rings. The smallest absolute Gasteiger partial charge is 0.145 e. The molecule has 0 N–H and O–H groups in total. The van der Waals surface area contributed by atoms with Crippen LogP contribution in [0, 0.1) is 6.92 Å². The van der Waals surface area contributed by atoms with Crippen molar-refractivity contribution < 1.29 is 4.74 Å². The zero-order valence-corrected chi connectivity index (χ0v) is 13.7. The van der Waals surface area contributed by atoms with E-state index in [9.17, 15) is 0 Å². The Balaban J connectivity index is 2.09. The Labute approximate surface area is 141 Å². The number of hydrogen-bond acceptors (Lipinski definition) is 2. The lowest BCUT2D eigenvalue weighted by molar-refractivity contribution is 0.415. The summed E-state index contributed by atoms with van der Waals surface area (Å²) in [7, 11) is 1.69. The molecule has 0 atom stereocenters. The zero-order valence-electron chi connectivity index (χ0n) is 13.7. The second-order valence-electron chi connectivity index (χ2n) is 5.78. The monoisotopic (exact) mass is 314 g/mol. The molecule has 0 amide bonds. The molecular weight excluding hydrogens is 296 g/mol. The highest BCUT2D eigenvalue weighted by Crippen LogP contribution is 2.31. The van der Waals surface area contributed by atoms with Crippen molar-refractivity contribution in [1.29, 1.82) is 0 Å². The molecule has 1 heterocycles. The van der Waals surface area contributed by atoms with Crippen LogP contribution in [0.5, 0.6) is 5.75 Å². The summed E-state index contributed by atoms with van der Waals surface area (Å²) in [5.41, 5.74) is 5.43. The van der Waals surface area contributed by atoms with Crippen LogP contribution in [0.3, 0.4) is 0 Å². The number of fused-ring (bicyclic) bond motifs is 1. The van der Waals surface area contributed by atoms with Crippen molar-refractivity contribution in [2.75, 3.05) is 7.11 Å². The number of aromatic nitrogens is 2. The minimum atomic E-state index is 0.830. The van der Waals surface area contributed by atoms with E-state index in [4.69, 9.17) is 9.72 Å². The largest absolute Gasteiger partial charge is 0.497 e. The highest BCUT2D eigenvalue weighted by molar-refractivity contribution is 5.84. The van der Waals surface area contributed by atoms with Crippen molar-refractivity contribution in [2.24, 2.45) is 0 Å². The highest BCUT2D eigenvalue weighted by atomic mass is 16.5. The van der Waals surface area contributed by atoms with Crippen LogP contribution >= 0.6 is 0 Å². The van der Waals surface area contributed by atoms with Crippen LogP contribution in [-0.2, 0) is 0 Å². The van der Waals surface area contributed by atoms with Crippen LogP contribution in [0.15, 0.2) is 72.8 Å². The Morgan fingerprint density at radius 2 is 1.62 bits per heavy atom. The van der Waals surface area contributed by atoms with Gasteiger partial charge in [-0.25, -0.2) is 4.98 Å². The summed E-state index contributed by atoms with van der Waals surface area (Å²) in [6.07, 6.45) is 0. The zero-order chi connectivity index (χ0) is 16.5. The summed E-state index contributed by atoms with van der Waals surface area (Å²) in [6.45, 7) is 2.12. The fourth-order valence-corrected chi connectivity index (χ4v) is 3.02. The first-order chi connectivity index (χ1) is 11.8. The SMILES string of the molecule is COc1ccc2nc(-c3ccccc3)n(-c3ccccc3C)c2c1. The Morgan fingerprint density at radius 1 is 0.875 bits per heavy atom. The summed E-state index contributed by atoms with van der Waals surface area (Å²) < 4.78 is 7.63. The van der Waals surface area contributed by atoms with Gasteiger partial charge in [-0.15, -0.1) is 0 Å². The number of benzene rings is 3. The standard InChI is InChI=1S/C21H18N2O/c1-15-8-6-7-11-19(15)23-20-14-17(24-2)12-13-18(20)22-21(23)16-9-4-3-5-10-16/h3-14H,1-2H3. The lowest BCUT2D eigenvalue weighted by Crippen LogP contribution is -1.99. The third-order valence-electron chi connectivity index (χ3n) is 4.25. The van der Waals surface area contributed by atoms with Crippen molar-refractivity contribution in [1.82, 2.24) is 9.55 Å². The van der Waals surface area contributed by atoms with E-state index in [1.165, 1.54) is 5.56 Å². The third-order valence-corrected chi connectivity index (χ3v) is 4.25. The lowest BCUT2D eigenvalue weighted by atomic mass is 10.1. The summed E-state index contributed by atoms with van der Waals surface area (Å²) >= 11 is 0. The Morgan fingerprint density at radius 3 is 2.38 bits per heavy atom. The Hall–Kier alpha value is -3.07. The van der Waals surface area contributed by atoms with E-state index >= 15 is 0 Å². The van der Waals surface area contributed by atoms with Gasteiger partial charge in [0.25, 0.3) is 0 Å². The van der Waals surface area contributed by atoms with Crippen LogP contribution in [-0.4, -0.2) is 16.7 Å². The van der Waals surface area contributed by atoms with Crippen molar-refractivity contribution in [2.45, 2.75) is 6.92 Å². The van der Waals surface area contributed by atoms with Gasteiger partial charge in [-0.2, -0.15) is 0 Å². The summed E-state index contributed by atoms with van der Waals surface area (Å²) in [5, 5.41) is 0. The number of para-hydroxylation sites is 1. The van der Waals surface area contributed by atoms with Gasteiger partial charge in [0, 0.05) is 11.6 Å². The maximum absolute atomic E-state index is 5.42. The van der Waals surface area contributed by atoms with Gasteiger partial charge < -0.3 is 4.74 Å². The summed E-state index contributed by atoms with van der Waals surface area (Å²) in [5.74, 6) is 1.77. The number of rotatable bonds is 3. The van der Waals surface area contributed by atoms with E-state index in [2.05, 4.69) is 47.9 Å². The molecule has 0 bridgehead atoms. The molecule has 24 heavy (non-hydrogen) atoms. The second kappa shape index (κ2) is 5.85. The molecule has 0 aliphatic heterocycles. The van der Waals surface area contributed by atoms with E-state index in [1.54, 1.807) is 7.11 Å². The van der Waals surface area contributed by atoms with Gasteiger partial charge in [-0.3, -0.25) is 4.57 Å². The fraction of sp³-hybridized carbons (Fsp3) is 0.0952. The van der Waals surface area contributed by atoms with Gasteiger partial charge in [0.15, 0.2) is 0 Å². The first-order valence-electron chi connectivity index (χ1n) is 7.96. The molecule has 0 unspecified atom stereocenters. The molecule has 0 aliphatic carbocycles. The molecule has 0 radical (unpaired) electrons. The molecule has 0 saturated carbocycles. The van der Waals surface area contributed by atoms with E-state index in [0.717, 1.165) is 33.9 Å². The van der Waals surface area contributed by atoms with E-state index in [-0.39, 0.29) is 0 Å². The maximum Gasteiger partial charge on any atom is 0.145 e. The van der Waals surface area contributed by atoms with Gasteiger partial charge in [-0.05, 0) is 30.7 Å². The number of methoxy groups -OCH3 is 1. The molecular formula is C21H18N2O. The lowest BCUT2D eigenvalue weighted by Gasteiger charge is -2.12. The number of hydrogen-bond donors (Lipinski definition) is 0. The van der Waals surface area contributed by atoms with Gasteiger partial charge in [0.1, 0.15) is 11.6 Å². The van der Waals surface area contributed by atoms with Gasteiger partial charge in [0.05, 0.1) is 23.8 Å². The first-order valence-corrected chi connectivity index (χ1v) is 7.96. The van der Waals surface area contributed by atoms with Gasteiger partial charge in [-0.1, -0.05) is 48.5 Å². The van der Waals surface area contributed by atoms with Crippen LogP contribution < -0.4 is 4.74 Å². The van der Waals surface area contributed by atoms with Crippen molar-refractivity contribution in [3.8, 4) is 22.8 Å². The van der Waals surface area contributed by atoms with E-state index < -0.39 is 0 Å². The fourth-order valence-electron chi connectivity index (χ4n) is 3.02. The van der Waals surface area contributed by atoms with Crippen LogP contribution in [0.1, 0.15) is 5.56 Å². The van der Waals surface area contributed by atoms with E-state index in [0.29, 0.717) is 0 Å². The predicted octanol–water partition coefficient (Wildman–Crippen LogP) is 5.01. The van der Waals surface area contributed by atoms with Crippen LogP contribution in [0.2, 0.25) is 0 Å². The molecule has 3 heteroatoms. The van der Waals surface area contributed by atoms with Crippen molar-refractivity contribution in [3.63, 3.8) is 0 Å². The van der Waals surface area contributed by atoms with Crippen LogP contribution in [0.25, 0.3) is 28.1 Å². The normalized spacial score (nSPS) is 10.9. The predicted molar refractivity (Wildman–Crippen MR) is 97.8 cm³/mol. The molecule has 4 rings (SSSR count).